The van der Waals surface area contributed by atoms with Crippen LogP contribution in [0.5, 0.6) is 0 Å². The Hall–Kier alpha value is -0.260. The van der Waals surface area contributed by atoms with Gasteiger partial charge in [0.1, 0.15) is 5.78 Å². The fourth-order valence-electron chi connectivity index (χ4n) is 3.55. The van der Waals surface area contributed by atoms with Crippen LogP contribution in [0.15, 0.2) is 0 Å². The van der Waals surface area contributed by atoms with Crippen LogP contribution in [0.2, 0.25) is 0 Å². The average Bonchev–Trinajstić information content (AvgIpc) is 2.72. The number of unbranched alkanes of at least 4 members (excludes halogenated alkanes) is 2. The highest BCUT2D eigenvalue weighted by molar-refractivity contribution is 7.52. The molecule has 0 aliphatic rings. The molecule has 0 saturated heterocycles. The molecule has 0 radical (unpaired) electrons. The molecule has 0 fully saturated rings. The van der Waals surface area contributed by atoms with Gasteiger partial charge in [-0.1, -0.05) is 27.2 Å². The number of hydrogen-bond acceptors (Lipinski definition) is 6. The molecule has 3 unspecified atom stereocenters. The van der Waals surface area contributed by atoms with Crippen molar-refractivity contribution in [2.45, 2.75) is 112 Å². The maximum absolute atomic E-state index is 13.2. The minimum atomic E-state index is -3.04. The summed E-state index contributed by atoms with van der Waals surface area (Å²) < 4.78 is 34.6. The molecular weight excluding hydrogens is 415 g/mol. The highest BCUT2D eigenvalue weighted by Gasteiger charge is 2.47. The van der Waals surface area contributed by atoms with Crippen molar-refractivity contribution >= 4 is 13.4 Å². The summed E-state index contributed by atoms with van der Waals surface area (Å²) in [5.41, 5.74) is -1.27. The summed E-state index contributed by atoms with van der Waals surface area (Å²) in [6.45, 7) is 19.2. The van der Waals surface area contributed by atoms with Gasteiger partial charge in [-0.15, -0.1) is 0 Å². The van der Waals surface area contributed by atoms with Crippen LogP contribution < -0.4 is 0 Å². The molecule has 0 aromatic carbocycles. The zero-order valence-electron chi connectivity index (χ0n) is 21.7. The number of hydrogen-bond donors (Lipinski definition) is 0. The molecule has 0 N–H and O–H groups in total. The first-order valence-corrected chi connectivity index (χ1v) is 14.0. The van der Waals surface area contributed by atoms with E-state index in [9.17, 15) is 9.36 Å². The van der Waals surface area contributed by atoms with E-state index in [1.165, 1.54) is 6.66 Å². The van der Waals surface area contributed by atoms with Gasteiger partial charge >= 0.3 is 7.60 Å². The van der Waals surface area contributed by atoms with Crippen molar-refractivity contribution in [1.82, 2.24) is 0 Å². The van der Waals surface area contributed by atoms with Crippen LogP contribution in [0.1, 0.15) is 100 Å². The second-order valence-corrected chi connectivity index (χ2v) is 11.4. The van der Waals surface area contributed by atoms with Crippen LogP contribution in [-0.4, -0.2) is 50.1 Å². The largest absolute Gasteiger partial charge is 0.376 e. The summed E-state index contributed by atoms with van der Waals surface area (Å²) in [5.74, 6) is 0.241. The maximum Gasteiger partial charge on any atom is 0.327 e. The van der Waals surface area contributed by atoms with E-state index >= 15 is 0 Å². The van der Waals surface area contributed by atoms with Gasteiger partial charge in [-0.05, 0) is 66.7 Å². The van der Waals surface area contributed by atoms with Gasteiger partial charge in [0.2, 0.25) is 0 Å². The van der Waals surface area contributed by atoms with Gasteiger partial charge in [0.15, 0.2) is 0 Å². The fraction of sp³-hybridized carbons (Fsp3) is 0.958. The predicted octanol–water partition coefficient (Wildman–Crippen LogP) is 6.80. The van der Waals surface area contributed by atoms with E-state index in [1.54, 1.807) is 6.92 Å². The van der Waals surface area contributed by atoms with Crippen molar-refractivity contribution in [3.05, 3.63) is 0 Å². The standard InChI is InChI=1S/C24H49O6P/c1-10-22(5,6)27-18-16-14-15-17-21(25)23(7,11-2)24(8,12-3)28-19-20-30-31(9,26)29-13-4/h10-20H2,1-9H3. The van der Waals surface area contributed by atoms with E-state index in [-0.39, 0.29) is 24.6 Å². The van der Waals surface area contributed by atoms with Crippen LogP contribution >= 0.6 is 7.60 Å². The van der Waals surface area contributed by atoms with Crippen LogP contribution in [0.3, 0.4) is 0 Å². The lowest BCUT2D eigenvalue weighted by Gasteiger charge is -2.44. The lowest BCUT2D eigenvalue weighted by atomic mass is 9.67. The van der Waals surface area contributed by atoms with Gasteiger partial charge in [-0.2, -0.15) is 0 Å². The molecule has 0 aliphatic carbocycles. The number of carbonyl (C=O) groups excluding carboxylic acids is 1. The second-order valence-electron chi connectivity index (χ2n) is 9.34. The molecule has 0 rings (SSSR count). The summed E-state index contributed by atoms with van der Waals surface area (Å²) in [4.78, 5) is 13.2. The lowest BCUT2D eigenvalue weighted by Crippen LogP contribution is -2.51. The number of rotatable bonds is 19. The SMILES string of the molecule is CCOP(C)(=O)OCCOC(C)(CC)C(C)(CC)C(=O)CCCCCOC(C)(C)CC. The van der Waals surface area contributed by atoms with Crippen molar-refractivity contribution < 1.29 is 27.9 Å². The first-order valence-electron chi connectivity index (χ1n) is 12.0. The van der Waals surface area contributed by atoms with Gasteiger partial charge in [-0.3, -0.25) is 9.36 Å². The van der Waals surface area contributed by atoms with Crippen LogP contribution in [-0.2, 0) is 27.9 Å². The summed E-state index contributed by atoms with van der Waals surface area (Å²) in [6.07, 6.45) is 5.75. The molecule has 7 heteroatoms. The van der Waals surface area contributed by atoms with E-state index < -0.39 is 18.6 Å². The van der Waals surface area contributed by atoms with Crippen LogP contribution in [0.4, 0.5) is 0 Å². The minimum absolute atomic E-state index is 0.0746. The lowest BCUT2D eigenvalue weighted by molar-refractivity contribution is -0.159. The van der Waals surface area contributed by atoms with E-state index in [0.717, 1.165) is 32.3 Å². The Morgan fingerprint density at radius 2 is 1.42 bits per heavy atom. The maximum atomic E-state index is 13.2. The molecule has 0 aromatic heterocycles. The Morgan fingerprint density at radius 3 is 1.94 bits per heavy atom. The summed E-state index contributed by atoms with van der Waals surface area (Å²) in [5, 5.41) is 0. The molecule has 0 bridgehead atoms. The van der Waals surface area contributed by atoms with Gasteiger partial charge in [0.25, 0.3) is 0 Å². The van der Waals surface area contributed by atoms with Crippen molar-refractivity contribution in [3.8, 4) is 0 Å². The molecule has 0 heterocycles. The monoisotopic (exact) mass is 464 g/mol. The fourth-order valence-corrected chi connectivity index (χ4v) is 4.50. The topological polar surface area (TPSA) is 71.1 Å². The van der Waals surface area contributed by atoms with Gasteiger partial charge < -0.3 is 18.5 Å². The number of Topliss-reactive ketones (excluding diaryl/α,β-unsaturated/α-hetero) is 1. The first kappa shape index (κ1) is 30.7. The molecule has 31 heavy (non-hydrogen) atoms. The van der Waals surface area contributed by atoms with E-state index in [4.69, 9.17) is 18.5 Å². The van der Waals surface area contributed by atoms with Gasteiger partial charge in [0.05, 0.1) is 36.4 Å². The Bertz CT molecular complexity index is 564. The van der Waals surface area contributed by atoms with Crippen molar-refractivity contribution in [2.24, 2.45) is 5.41 Å². The Labute approximate surface area is 191 Å². The van der Waals surface area contributed by atoms with Gasteiger partial charge in [0, 0.05) is 19.7 Å². The zero-order chi connectivity index (χ0) is 24.2. The molecule has 0 aliphatic heterocycles. The molecule has 0 saturated carbocycles. The Balaban J connectivity index is 4.68. The smallest absolute Gasteiger partial charge is 0.327 e. The van der Waals surface area contributed by atoms with Crippen molar-refractivity contribution in [3.63, 3.8) is 0 Å². The second kappa shape index (κ2) is 14.1. The first-order chi connectivity index (χ1) is 14.3. The number of ether oxygens (including phenoxy) is 2. The summed E-state index contributed by atoms with van der Waals surface area (Å²) in [7, 11) is -3.04. The molecule has 0 spiro atoms. The highest BCUT2D eigenvalue weighted by atomic mass is 31.2. The number of ketones is 1. The average molecular weight is 465 g/mol. The molecule has 186 valence electrons. The van der Waals surface area contributed by atoms with Crippen LogP contribution in [0.25, 0.3) is 0 Å². The Kier molecular flexibility index (Phi) is 14.0. The van der Waals surface area contributed by atoms with E-state index in [0.29, 0.717) is 25.9 Å². The zero-order valence-corrected chi connectivity index (χ0v) is 22.6. The van der Waals surface area contributed by atoms with Gasteiger partial charge in [-0.25, -0.2) is 0 Å². The third-order valence-electron chi connectivity index (χ3n) is 6.75. The predicted molar refractivity (Wildman–Crippen MR) is 128 cm³/mol. The summed E-state index contributed by atoms with van der Waals surface area (Å²) >= 11 is 0. The molecule has 6 nitrogen and oxygen atoms in total. The third-order valence-corrected chi connectivity index (χ3v) is 8.13. The Morgan fingerprint density at radius 1 is 0.774 bits per heavy atom. The third kappa shape index (κ3) is 10.5. The molecule has 3 atom stereocenters. The van der Waals surface area contributed by atoms with Crippen molar-refractivity contribution in [2.75, 3.05) is 33.1 Å². The quantitative estimate of drug-likeness (QED) is 0.155. The number of carbonyl (C=O) groups is 1. The summed E-state index contributed by atoms with van der Waals surface area (Å²) in [6, 6.07) is 0. The normalized spacial score (nSPS) is 18.2. The highest BCUT2D eigenvalue weighted by Crippen LogP contribution is 2.44. The molecule has 0 aromatic rings. The van der Waals surface area contributed by atoms with E-state index in [1.807, 2.05) is 27.7 Å². The molecule has 0 amide bonds. The minimum Gasteiger partial charge on any atom is -0.376 e. The van der Waals surface area contributed by atoms with E-state index in [2.05, 4.69) is 20.8 Å². The molecular formula is C24H49O6P. The van der Waals surface area contributed by atoms with Crippen LogP contribution in [0, 0.1) is 5.41 Å². The van der Waals surface area contributed by atoms with Crippen molar-refractivity contribution in [1.29, 1.82) is 0 Å².